The van der Waals surface area contributed by atoms with Crippen LogP contribution in [0.1, 0.15) is 24.3 Å². The molecule has 0 radical (unpaired) electrons. The number of alkyl halides is 3. The maximum atomic E-state index is 12.6. The fourth-order valence-corrected chi connectivity index (χ4v) is 2.41. The lowest BCUT2D eigenvalue weighted by molar-refractivity contribution is -0.137. The maximum Gasteiger partial charge on any atom is 0.416 e. The molecule has 0 unspecified atom stereocenters. The minimum absolute atomic E-state index is 0.317. The first-order valence-corrected chi connectivity index (χ1v) is 8.44. The molecular weight excluding hydrogens is 359 g/mol. The molecule has 0 fully saturated rings. The number of nitrogens with zero attached hydrogens (tertiary/aromatic N) is 2. The van der Waals surface area contributed by atoms with E-state index in [1.807, 2.05) is 0 Å². The van der Waals surface area contributed by atoms with E-state index in [1.54, 1.807) is 24.3 Å². The summed E-state index contributed by atoms with van der Waals surface area (Å²) in [5.74, 6) is 1.84. The van der Waals surface area contributed by atoms with Crippen LogP contribution in [0, 0.1) is 0 Å². The summed E-state index contributed by atoms with van der Waals surface area (Å²) in [6, 6.07) is 11.4. The monoisotopic (exact) mass is 377 g/mol. The lowest BCUT2D eigenvalue weighted by Gasteiger charge is -2.09. The van der Waals surface area contributed by atoms with Gasteiger partial charge in [-0.1, -0.05) is 5.16 Å². The van der Waals surface area contributed by atoms with Crippen molar-refractivity contribution in [2.24, 2.45) is 5.73 Å². The highest BCUT2D eigenvalue weighted by Gasteiger charge is 2.30. The first-order valence-electron chi connectivity index (χ1n) is 8.44. The smallest absolute Gasteiger partial charge is 0.416 e. The van der Waals surface area contributed by atoms with E-state index in [4.69, 9.17) is 15.0 Å². The number of rotatable bonds is 7. The van der Waals surface area contributed by atoms with Crippen LogP contribution in [0.2, 0.25) is 0 Å². The minimum atomic E-state index is -4.37. The van der Waals surface area contributed by atoms with Crippen molar-refractivity contribution in [2.75, 3.05) is 6.54 Å². The van der Waals surface area contributed by atoms with E-state index in [1.165, 1.54) is 12.1 Å². The van der Waals surface area contributed by atoms with Crippen molar-refractivity contribution in [3.63, 3.8) is 0 Å². The van der Waals surface area contributed by atoms with Gasteiger partial charge < -0.3 is 15.0 Å². The van der Waals surface area contributed by atoms with Gasteiger partial charge in [-0.05, 0) is 67.9 Å². The number of ether oxygens (including phenoxy) is 1. The Morgan fingerprint density at radius 1 is 0.926 bits per heavy atom. The van der Waals surface area contributed by atoms with Crippen LogP contribution in [-0.4, -0.2) is 16.7 Å². The number of unbranched alkanes of at least 4 members (excludes halogenated alkanes) is 1. The second-order valence-corrected chi connectivity index (χ2v) is 5.91. The van der Waals surface area contributed by atoms with Crippen LogP contribution in [0.5, 0.6) is 11.5 Å². The average molecular weight is 377 g/mol. The van der Waals surface area contributed by atoms with Crippen molar-refractivity contribution in [3.05, 3.63) is 60.0 Å². The Labute approximate surface area is 154 Å². The quantitative estimate of drug-likeness (QED) is 0.597. The van der Waals surface area contributed by atoms with Gasteiger partial charge in [-0.25, -0.2) is 0 Å². The van der Waals surface area contributed by atoms with Gasteiger partial charge in [0.1, 0.15) is 11.5 Å². The van der Waals surface area contributed by atoms with E-state index >= 15 is 0 Å². The molecule has 1 aromatic heterocycles. The Bertz CT molecular complexity index is 859. The summed E-state index contributed by atoms with van der Waals surface area (Å²) in [6.07, 6.45) is -1.90. The molecular formula is C19H18F3N3O2. The molecule has 0 amide bonds. The maximum absolute atomic E-state index is 12.6. The Balaban J connectivity index is 1.63. The Morgan fingerprint density at radius 2 is 1.56 bits per heavy atom. The van der Waals surface area contributed by atoms with E-state index in [0.717, 1.165) is 30.5 Å². The molecule has 0 aliphatic rings. The first kappa shape index (κ1) is 18.9. The van der Waals surface area contributed by atoms with Crippen LogP contribution in [0.3, 0.4) is 0 Å². The number of hydrogen-bond acceptors (Lipinski definition) is 5. The van der Waals surface area contributed by atoms with Gasteiger partial charge >= 0.3 is 6.18 Å². The molecule has 0 aliphatic heterocycles. The van der Waals surface area contributed by atoms with Gasteiger partial charge in [-0.15, -0.1) is 0 Å². The van der Waals surface area contributed by atoms with E-state index in [9.17, 15) is 13.2 Å². The highest BCUT2D eigenvalue weighted by atomic mass is 19.4. The van der Waals surface area contributed by atoms with Crippen LogP contribution in [0.4, 0.5) is 13.2 Å². The van der Waals surface area contributed by atoms with Crippen molar-refractivity contribution in [1.29, 1.82) is 0 Å². The molecule has 3 rings (SSSR count). The highest BCUT2D eigenvalue weighted by molar-refractivity contribution is 5.55. The molecule has 0 spiro atoms. The van der Waals surface area contributed by atoms with Crippen LogP contribution in [-0.2, 0) is 12.6 Å². The summed E-state index contributed by atoms with van der Waals surface area (Å²) in [5.41, 5.74) is 5.49. The summed E-state index contributed by atoms with van der Waals surface area (Å²) < 4.78 is 48.5. The zero-order chi connectivity index (χ0) is 19.3. The second-order valence-electron chi connectivity index (χ2n) is 5.91. The topological polar surface area (TPSA) is 74.2 Å². The molecule has 142 valence electrons. The molecule has 8 heteroatoms. The Morgan fingerprint density at radius 3 is 2.15 bits per heavy atom. The fourth-order valence-electron chi connectivity index (χ4n) is 2.41. The molecule has 0 bridgehead atoms. The van der Waals surface area contributed by atoms with Crippen LogP contribution in [0.25, 0.3) is 11.4 Å². The predicted molar refractivity (Wildman–Crippen MR) is 93.2 cm³/mol. The van der Waals surface area contributed by atoms with Crippen LogP contribution >= 0.6 is 0 Å². The molecule has 0 saturated carbocycles. The van der Waals surface area contributed by atoms with Crippen molar-refractivity contribution >= 4 is 0 Å². The lowest BCUT2D eigenvalue weighted by atomic mass is 10.2. The average Bonchev–Trinajstić information content (AvgIpc) is 3.11. The largest absolute Gasteiger partial charge is 0.457 e. The van der Waals surface area contributed by atoms with Crippen molar-refractivity contribution in [3.8, 4) is 22.9 Å². The van der Waals surface area contributed by atoms with Gasteiger partial charge in [0.15, 0.2) is 0 Å². The standard InChI is InChI=1S/C19H18F3N3O2/c20-19(21,22)14-6-10-16(11-7-14)26-15-8-4-13(5-9-15)18-24-17(27-25-18)3-1-2-12-23/h4-11H,1-3,12,23H2. The van der Waals surface area contributed by atoms with Gasteiger partial charge in [-0.3, -0.25) is 0 Å². The number of aryl methyl sites for hydroxylation is 1. The van der Waals surface area contributed by atoms with Crippen molar-refractivity contribution < 1.29 is 22.4 Å². The first-order chi connectivity index (χ1) is 13.0. The summed E-state index contributed by atoms with van der Waals surface area (Å²) in [4.78, 5) is 4.33. The molecule has 5 nitrogen and oxygen atoms in total. The van der Waals surface area contributed by atoms with E-state index < -0.39 is 11.7 Å². The van der Waals surface area contributed by atoms with Gasteiger partial charge in [-0.2, -0.15) is 18.2 Å². The summed E-state index contributed by atoms with van der Waals surface area (Å²) in [6.45, 7) is 0.626. The number of halogens is 3. The summed E-state index contributed by atoms with van der Waals surface area (Å²) in [7, 11) is 0. The zero-order valence-electron chi connectivity index (χ0n) is 14.4. The third-order valence-corrected chi connectivity index (χ3v) is 3.84. The molecule has 0 atom stereocenters. The second kappa shape index (κ2) is 8.22. The molecule has 0 aliphatic carbocycles. The summed E-state index contributed by atoms with van der Waals surface area (Å²) in [5, 5.41) is 3.95. The minimum Gasteiger partial charge on any atom is -0.457 e. The normalized spacial score (nSPS) is 11.6. The predicted octanol–water partition coefficient (Wildman–Crippen LogP) is 4.83. The number of aromatic nitrogens is 2. The van der Waals surface area contributed by atoms with Crippen molar-refractivity contribution in [1.82, 2.24) is 10.1 Å². The lowest BCUT2D eigenvalue weighted by Crippen LogP contribution is -2.03. The molecule has 3 aromatic rings. The van der Waals surface area contributed by atoms with Crippen LogP contribution in [0.15, 0.2) is 53.1 Å². The third kappa shape index (κ3) is 5.07. The zero-order valence-corrected chi connectivity index (χ0v) is 14.4. The fraction of sp³-hybridized carbons (Fsp3) is 0.263. The van der Waals surface area contributed by atoms with Gasteiger partial charge in [0.05, 0.1) is 5.56 Å². The Kier molecular flexibility index (Phi) is 5.75. The van der Waals surface area contributed by atoms with E-state index in [2.05, 4.69) is 10.1 Å². The number of benzene rings is 2. The number of hydrogen-bond donors (Lipinski definition) is 1. The Hall–Kier alpha value is -2.87. The SMILES string of the molecule is NCCCCc1nc(-c2ccc(Oc3ccc(C(F)(F)F)cc3)cc2)no1. The highest BCUT2D eigenvalue weighted by Crippen LogP contribution is 2.31. The molecule has 2 N–H and O–H groups in total. The van der Waals surface area contributed by atoms with E-state index in [0.29, 0.717) is 36.2 Å². The van der Waals surface area contributed by atoms with Gasteiger partial charge in [0.25, 0.3) is 0 Å². The van der Waals surface area contributed by atoms with Crippen molar-refractivity contribution in [2.45, 2.75) is 25.4 Å². The summed E-state index contributed by atoms with van der Waals surface area (Å²) >= 11 is 0. The molecule has 1 heterocycles. The van der Waals surface area contributed by atoms with E-state index in [-0.39, 0.29) is 0 Å². The molecule has 27 heavy (non-hydrogen) atoms. The van der Waals surface area contributed by atoms with Gasteiger partial charge in [0, 0.05) is 12.0 Å². The van der Waals surface area contributed by atoms with Gasteiger partial charge in [0.2, 0.25) is 11.7 Å². The molecule has 0 saturated heterocycles. The number of nitrogens with two attached hydrogens (primary N) is 1. The molecule has 2 aromatic carbocycles. The third-order valence-electron chi connectivity index (χ3n) is 3.84. The van der Waals surface area contributed by atoms with Crippen LogP contribution < -0.4 is 10.5 Å².